The van der Waals surface area contributed by atoms with E-state index in [4.69, 9.17) is 10.2 Å². The molecule has 0 aliphatic heterocycles. The number of furan rings is 1. The first-order chi connectivity index (χ1) is 14.0. The Labute approximate surface area is 165 Å². The molecule has 0 saturated carbocycles. The number of carbonyl (C=O) groups excluding carboxylic acids is 2. The van der Waals surface area contributed by atoms with E-state index >= 15 is 0 Å². The summed E-state index contributed by atoms with van der Waals surface area (Å²) in [4.78, 5) is 24.7. The Bertz CT molecular complexity index is 1150. The van der Waals surface area contributed by atoms with Crippen molar-refractivity contribution < 1.29 is 14.0 Å². The molecule has 4 aromatic rings. The van der Waals surface area contributed by atoms with Gasteiger partial charge in [0.1, 0.15) is 17.9 Å². The van der Waals surface area contributed by atoms with Gasteiger partial charge in [0.2, 0.25) is 17.6 Å². The Morgan fingerprint density at radius 2 is 1.93 bits per heavy atom. The number of nitrogens with one attached hydrogen (secondary N) is 1. The van der Waals surface area contributed by atoms with Crippen molar-refractivity contribution >= 4 is 22.8 Å². The summed E-state index contributed by atoms with van der Waals surface area (Å²) in [6.45, 7) is 1.76. The van der Waals surface area contributed by atoms with Gasteiger partial charge in [-0.2, -0.15) is 4.80 Å². The molecule has 0 fully saturated rings. The number of nitrogens with zero attached hydrogens (tertiary/aromatic N) is 4. The van der Waals surface area contributed by atoms with E-state index in [9.17, 15) is 9.59 Å². The number of hydrogen-bond donors (Lipinski definition) is 2. The van der Waals surface area contributed by atoms with Crippen molar-refractivity contribution in [2.75, 3.05) is 0 Å². The molecule has 0 aliphatic rings. The summed E-state index contributed by atoms with van der Waals surface area (Å²) >= 11 is 0. The molecule has 0 saturated heterocycles. The molecule has 3 N–H and O–H groups in total. The number of amides is 2. The van der Waals surface area contributed by atoms with Crippen molar-refractivity contribution in [2.45, 2.75) is 19.5 Å². The van der Waals surface area contributed by atoms with Crippen LogP contribution in [0.1, 0.15) is 29.1 Å². The first-order valence-electron chi connectivity index (χ1n) is 8.95. The summed E-state index contributed by atoms with van der Waals surface area (Å²) in [5.41, 5.74) is 7.05. The summed E-state index contributed by atoms with van der Waals surface area (Å²) in [5, 5.41) is 15.9. The number of aromatic nitrogens is 4. The molecular weight excluding hydrogens is 372 g/mol. The van der Waals surface area contributed by atoms with E-state index in [2.05, 4.69) is 20.7 Å². The number of para-hydroxylation sites is 1. The van der Waals surface area contributed by atoms with Crippen LogP contribution in [0.3, 0.4) is 0 Å². The lowest BCUT2D eigenvalue weighted by Gasteiger charge is -2.10. The number of tetrazole rings is 1. The predicted octanol–water partition coefficient (Wildman–Crippen LogP) is 2.06. The summed E-state index contributed by atoms with van der Waals surface area (Å²) in [6.07, 6.45) is 0. The Hall–Kier alpha value is -4.01. The maximum Gasteiger partial charge on any atom is 0.248 e. The van der Waals surface area contributed by atoms with E-state index in [1.165, 1.54) is 4.80 Å². The molecule has 4 rings (SSSR count). The molecule has 2 amide bonds. The first-order valence-corrected chi connectivity index (χ1v) is 8.95. The van der Waals surface area contributed by atoms with Crippen LogP contribution < -0.4 is 11.1 Å². The molecular formula is C20H18N6O3. The van der Waals surface area contributed by atoms with Gasteiger partial charge in [0, 0.05) is 16.5 Å². The number of nitrogens with two attached hydrogens (primary N) is 1. The highest BCUT2D eigenvalue weighted by atomic mass is 16.3. The van der Waals surface area contributed by atoms with Gasteiger partial charge in [-0.05, 0) is 36.4 Å². The highest BCUT2D eigenvalue weighted by molar-refractivity contribution is 5.93. The van der Waals surface area contributed by atoms with Crippen molar-refractivity contribution in [3.63, 3.8) is 0 Å². The maximum atomic E-state index is 12.3. The van der Waals surface area contributed by atoms with Gasteiger partial charge in [-0.25, -0.2) is 0 Å². The second kappa shape index (κ2) is 7.55. The van der Waals surface area contributed by atoms with E-state index in [-0.39, 0.29) is 18.5 Å². The van der Waals surface area contributed by atoms with E-state index in [1.54, 1.807) is 24.3 Å². The van der Waals surface area contributed by atoms with Crippen LogP contribution in [-0.2, 0) is 11.3 Å². The normalized spacial score (nSPS) is 12.0. The Morgan fingerprint density at radius 1 is 1.17 bits per heavy atom. The zero-order valence-electron chi connectivity index (χ0n) is 15.6. The topological polar surface area (TPSA) is 129 Å². The van der Waals surface area contributed by atoms with Crippen molar-refractivity contribution in [3.8, 4) is 11.4 Å². The minimum Gasteiger partial charge on any atom is -0.459 e. The molecule has 9 nitrogen and oxygen atoms in total. The monoisotopic (exact) mass is 390 g/mol. The van der Waals surface area contributed by atoms with Gasteiger partial charge in [0.25, 0.3) is 0 Å². The fourth-order valence-corrected chi connectivity index (χ4v) is 2.91. The molecule has 0 aliphatic carbocycles. The number of rotatable bonds is 6. The quantitative estimate of drug-likeness (QED) is 0.518. The Kier molecular flexibility index (Phi) is 4.78. The molecule has 0 unspecified atom stereocenters. The fourth-order valence-electron chi connectivity index (χ4n) is 2.91. The summed E-state index contributed by atoms with van der Waals surface area (Å²) < 4.78 is 5.77. The van der Waals surface area contributed by atoms with Crippen molar-refractivity contribution in [1.29, 1.82) is 0 Å². The second-order valence-corrected chi connectivity index (χ2v) is 6.56. The third-order valence-electron chi connectivity index (χ3n) is 4.41. The fraction of sp³-hybridized carbons (Fsp3) is 0.150. The van der Waals surface area contributed by atoms with Gasteiger partial charge in [-0.1, -0.05) is 30.3 Å². The van der Waals surface area contributed by atoms with Crippen LogP contribution in [0.15, 0.2) is 59.0 Å². The zero-order valence-corrected chi connectivity index (χ0v) is 15.6. The van der Waals surface area contributed by atoms with Crippen molar-refractivity contribution in [2.24, 2.45) is 5.73 Å². The summed E-state index contributed by atoms with van der Waals surface area (Å²) in [7, 11) is 0. The number of primary amides is 1. The minimum atomic E-state index is -0.511. The maximum absolute atomic E-state index is 12.3. The van der Waals surface area contributed by atoms with Gasteiger partial charge in [-0.15, -0.1) is 10.2 Å². The zero-order chi connectivity index (χ0) is 20.4. The SMILES string of the molecule is C[C@H](NC(=O)Cn1nnc(-c2ccc(C(N)=O)cc2)n1)c1cc2ccccc2o1. The average Bonchev–Trinajstić information content (AvgIpc) is 3.35. The molecule has 2 aromatic heterocycles. The van der Waals surface area contributed by atoms with Crippen LogP contribution in [-0.4, -0.2) is 32.0 Å². The van der Waals surface area contributed by atoms with Gasteiger partial charge < -0.3 is 15.5 Å². The minimum absolute atomic E-state index is 0.0864. The van der Waals surface area contributed by atoms with E-state index in [0.29, 0.717) is 22.7 Å². The van der Waals surface area contributed by atoms with Gasteiger partial charge >= 0.3 is 0 Å². The second-order valence-electron chi connectivity index (χ2n) is 6.56. The largest absolute Gasteiger partial charge is 0.459 e. The summed E-state index contributed by atoms with van der Waals surface area (Å²) in [5.74, 6) is 0.231. The predicted molar refractivity (Wildman–Crippen MR) is 105 cm³/mol. The van der Waals surface area contributed by atoms with Gasteiger partial charge in [-0.3, -0.25) is 9.59 Å². The lowest BCUT2D eigenvalue weighted by Crippen LogP contribution is -2.30. The number of hydrogen-bond acceptors (Lipinski definition) is 6. The Balaban J connectivity index is 1.40. The van der Waals surface area contributed by atoms with Crippen molar-refractivity contribution in [1.82, 2.24) is 25.5 Å². The molecule has 2 heterocycles. The highest BCUT2D eigenvalue weighted by Crippen LogP contribution is 2.23. The van der Waals surface area contributed by atoms with Crippen molar-refractivity contribution in [3.05, 3.63) is 65.9 Å². The van der Waals surface area contributed by atoms with Crippen LogP contribution in [0, 0.1) is 0 Å². The van der Waals surface area contributed by atoms with Gasteiger partial charge in [0.05, 0.1) is 6.04 Å². The third kappa shape index (κ3) is 3.98. The van der Waals surface area contributed by atoms with Crippen LogP contribution in [0.5, 0.6) is 0 Å². The third-order valence-corrected chi connectivity index (χ3v) is 4.41. The Morgan fingerprint density at radius 3 is 2.66 bits per heavy atom. The number of carbonyl (C=O) groups is 2. The highest BCUT2D eigenvalue weighted by Gasteiger charge is 2.16. The van der Waals surface area contributed by atoms with E-state index in [1.807, 2.05) is 37.3 Å². The molecule has 0 radical (unpaired) electrons. The average molecular weight is 390 g/mol. The van der Waals surface area contributed by atoms with E-state index < -0.39 is 5.91 Å². The van der Waals surface area contributed by atoms with Crippen LogP contribution >= 0.6 is 0 Å². The van der Waals surface area contributed by atoms with Crippen LogP contribution in [0.4, 0.5) is 0 Å². The lowest BCUT2D eigenvalue weighted by molar-refractivity contribution is -0.122. The molecule has 0 spiro atoms. The molecule has 2 aromatic carbocycles. The molecule has 29 heavy (non-hydrogen) atoms. The number of benzene rings is 2. The summed E-state index contributed by atoms with van der Waals surface area (Å²) in [6, 6.07) is 15.8. The van der Waals surface area contributed by atoms with Crippen LogP contribution in [0.25, 0.3) is 22.4 Å². The smallest absolute Gasteiger partial charge is 0.248 e. The molecule has 0 bridgehead atoms. The van der Waals surface area contributed by atoms with Gasteiger partial charge in [0.15, 0.2) is 0 Å². The first kappa shape index (κ1) is 18.4. The molecule has 146 valence electrons. The van der Waals surface area contributed by atoms with Crippen LogP contribution in [0.2, 0.25) is 0 Å². The molecule has 1 atom stereocenters. The standard InChI is InChI=1S/C20H18N6O3/c1-12(17-10-15-4-2-3-5-16(15)29-17)22-18(27)11-26-24-20(23-25-26)14-8-6-13(7-9-14)19(21)28/h2-10,12H,11H2,1H3,(H2,21,28)(H,22,27)/t12-/m0/s1. The molecule has 9 heteroatoms. The number of fused-ring (bicyclic) bond motifs is 1. The lowest BCUT2D eigenvalue weighted by atomic mass is 10.1. The van der Waals surface area contributed by atoms with E-state index in [0.717, 1.165) is 11.0 Å².